The van der Waals surface area contributed by atoms with Crippen molar-refractivity contribution < 1.29 is 35.5 Å². The molecule has 0 rings (SSSR count). The molecule has 7 N–H and O–H groups in total. The van der Waals surface area contributed by atoms with Crippen molar-refractivity contribution in [3.63, 3.8) is 0 Å². The third-order valence-corrected chi connectivity index (χ3v) is 2.99. The molecule has 0 aromatic rings. The molecule has 6 radical (unpaired) electrons. The van der Waals surface area contributed by atoms with Crippen molar-refractivity contribution in [1.29, 1.82) is 0 Å². The Morgan fingerprint density at radius 1 is 0.520 bits per heavy atom. The minimum Gasteiger partial charge on any atom is -0.402 e. The highest BCUT2D eigenvalue weighted by Gasteiger charge is 2.32. The van der Waals surface area contributed by atoms with Gasteiger partial charge >= 0.3 is 7.32 Å². The van der Waals surface area contributed by atoms with Crippen molar-refractivity contribution >= 4 is 33.7 Å². The molecule has 0 aliphatic carbocycles. The fourth-order valence-electron chi connectivity index (χ4n) is 0. The Morgan fingerprint density at radius 3 is 0.560 bits per heavy atom. The molecule has 0 saturated carbocycles. The van der Waals surface area contributed by atoms with Crippen LogP contribution in [-0.2, 0) is 0 Å². The van der Waals surface area contributed by atoms with E-state index in [0.29, 0.717) is 9.52 Å². The van der Waals surface area contributed by atoms with Crippen molar-refractivity contribution in [3.8, 4) is 0 Å². The molecular formula is C14H39B3O7Si. The first-order valence-corrected chi connectivity index (χ1v) is 10.4. The summed E-state index contributed by atoms with van der Waals surface area (Å²) in [5.74, 6) is 0. The highest BCUT2D eigenvalue weighted by Crippen LogP contribution is 2.19. The van der Waals surface area contributed by atoms with E-state index in [1.807, 2.05) is 0 Å². The third kappa shape index (κ3) is 36.0. The standard InChI is InChI=1S/2C6H14O2.C2H8Si.BH3O3.2B/c2*1-5(2,7)6(3,4)8;1-3-2;2-1(3)4;;/h2*7-8H,1-4H3;3H2,1-2H3;2-4H;;. The van der Waals surface area contributed by atoms with Gasteiger partial charge in [-0.2, -0.15) is 0 Å². The fourth-order valence-corrected chi connectivity index (χ4v) is 0. The van der Waals surface area contributed by atoms with Crippen molar-refractivity contribution in [3.05, 3.63) is 0 Å². The lowest BCUT2D eigenvalue weighted by molar-refractivity contribution is -0.107. The summed E-state index contributed by atoms with van der Waals surface area (Å²) in [6, 6.07) is 0. The molecule has 25 heavy (non-hydrogen) atoms. The van der Waals surface area contributed by atoms with Crippen molar-refractivity contribution in [2.45, 2.75) is 90.9 Å². The summed E-state index contributed by atoms with van der Waals surface area (Å²) in [5.41, 5.74) is -4.03. The monoisotopic (exact) mass is 380 g/mol. The van der Waals surface area contributed by atoms with E-state index in [0.717, 1.165) is 0 Å². The maximum atomic E-state index is 9.10. The predicted octanol–water partition coefficient (Wildman–Crippen LogP) is -1.51. The van der Waals surface area contributed by atoms with Crippen molar-refractivity contribution in [2.75, 3.05) is 0 Å². The molecule has 0 unspecified atom stereocenters. The van der Waals surface area contributed by atoms with Crippen LogP contribution >= 0.6 is 0 Å². The quantitative estimate of drug-likeness (QED) is 0.289. The molecule has 0 heterocycles. The van der Waals surface area contributed by atoms with Crippen LogP contribution in [0.2, 0.25) is 13.1 Å². The second-order valence-electron chi connectivity index (χ2n) is 7.29. The van der Waals surface area contributed by atoms with Gasteiger partial charge in [-0.15, -0.1) is 0 Å². The summed E-state index contributed by atoms with van der Waals surface area (Å²) in [4.78, 5) is 0. The van der Waals surface area contributed by atoms with Crippen LogP contribution in [0.5, 0.6) is 0 Å². The molecule has 0 amide bonds. The number of rotatable bonds is 2. The molecular weight excluding hydrogens is 341 g/mol. The fraction of sp³-hybridized carbons (Fsp3) is 1.00. The minimum absolute atomic E-state index is 0. The lowest BCUT2D eigenvalue weighted by atomic mass is 9.90. The molecule has 7 nitrogen and oxygen atoms in total. The van der Waals surface area contributed by atoms with Crippen molar-refractivity contribution in [2.24, 2.45) is 0 Å². The van der Waals surface area contributed by atoms with Gasteiger partial charge in [-0.05, 0) is 55.4 Å². The Hall–Kier alpha value is 0.132. The summed E-state index contributed by atoms with van der Waals surface area (Å²) >= 11 is 0. The summed E-state index contributed by atoms with van der Waals surface area (Å²) < 4.78 is 0. The van der Waals surface area contributed by atoms with E-state index < -0.39 is 29.7 Å². The molecule has 0 atom stereocenters. The third-order valence-electron chi connectivity index (χ3n) is 2.99. The van der Waals surface area contributed by atoms with Gasteiger partial charge < -0.3 is 35.5 Å². The number of aliphatic hydroxyl groups is 4. The van der Waals surface area contributed by atoms with Crippen LogP contribution < -0.4 is 0 Å². The zero-order valence-corrected chi connectivity index (χ0v) is 19.0. The van der Waals surface area contributed by atoms with Crippen LogP contribution in [0.1, 0.15) is 55.4 Å². The van der Waals surface area contributed by atoms with Crippen LogP contribution in [0.3, 0.4) is 0 Å². The zero-order valence-electron chi connectivity index (χ0n) is 17.6. The van der Waals surface area contributed by atoms with E-state index in [9.17, 15) is 0 Å². The predicted molar refractivity (Wildman–Crippen MR) is 109 cm³/mol. The molecule has 0 fully saturated rings. The maximum Gasteiger partial charge on any atom is 0.631 e. The lowest BCUT2D eigenvalue weighted by Crippen LogP contribution is -2.44. The average Bonchev–Trinajstić information content (AvgIpc) is 2.11. The highest BCUT2D eigenvalue weighted by molar-refractivity contribution is 6.31. The van der Waals surface area contributed by atoms with Crippen LogP contribution in [0.25, 0.3) is 0 Å². The molecule has 0 spiro atoms. The van der Waals surface area contributed by atoms with E-state index in [4.69, 9.17) is 35.5 Å². The van der Waals surface area contributed by atoms with Gasteiger partial charge in [0.1, 0.15) is 0 Å². The summed E-state index contributed by atoms with van der Waals surface area (Å²) in [6.45, 7) is 17.1. The first kappa shape index (κ1) is 40.0. The summed E-state index contributed by atoms with van der Waals surface area (Å²) in [7, 11) is -1.75. The molecule has 0 aromatic carbocycles. The molecule has 0 aliphatic rings. The smallest absolute Gasteiger partial charge is 0.402 e. The second kappa shape index (κ2) is 16.3. The Bertz CT molecular complexity index is 217. The Kier molecular flexibility index (Phi) is 26.1. The lowest BCUT2D eigenvalue weighted by Gasteiger charge is -2.31. The normalized spacial score (nSPS) is 10.9. The molecule has 0 aromatic heterocycles. The van der Waals surface area contributed by atoms with E-state index in [-0.39, 0.29) is 16.8 Å². The molecule has 0 bridgehead atoms. The van der Waals surface area contributed by atoms with Gasteiger partial charge in [-0.1, -0.05) is 13.1 Å². The average molecular weight is 380 g/mol. The van der Waals surface area contributed by atoms with Crippen LogP contribution in [0.15, 0.2) is 0 Å². The van der Waals surface area contributed by atoms with Crippen LogP contribution in [0.4, 0.5) is 0 Å². The van der Waals surface area contributed by atoms with E-state index in [1.54, 1.807) is 55.4 Å². The first-order chi connectivity index (χ1) is 9.65. The van der Waals surface area contributed by atoms with Crippen LogP contribution in [0, 0.1) is 0 Å². The van der Waals surface area contributed by atoms with Gasteiger partial charge in [0.25, 0.3) is 0 Å². The Labute approximate surface area is 160 Å². The van der Waals surface area contributed by atoms with Gasteiger partial charge in [0.15, 0.2) is 0 Å². The van der Waals surface area contributed by atoms with E-state index in [1.165, 1.54) is 0 Å². The zero-order chi connectivity index (χ0) is 20.3. The Morgan fingerprint density at radius 2 is 0.560 bits per heavy atom. The first-order valence-electron chi connectivity index (χ1n) is 7.58. The van der Waals surface area contributed by atoms with Gasteiger partial charge in [-0.3, -0.25) is 0 Å². The largest absolute Gasteiger partial charge is 0.631 e. The van der Waals surface area contributed by atoms with Crippen molar-refractivity contribution in [1.82, 2.24) is 0 Å². The van der Waals surface area contributed by atoms with Crippen LogP contribution in [-0.4, -0.2) is 91.6 Å². The summed E-state index contributed by atoms with van der Waals surface area (Å²) in [6.07, 6.45) is 0. The molecule has 0 aliphatic heterocycles. The SMILES string of the molecule is CC(C)(O)C(C)(C)O.CC(C)(O)C(C)(C)O.C[SiH2]C.OB(O)O.[B].[B]. The molecule has 11 heteroatoms. The van der Waals surface area contributed by atoms with Gasteiger partial charge in [-0.25, -0.2) is 0 Å². The highest BCUT2D eigenvalue weighted by atomic mass is 28.2. The van der Waals surface area contributed by atoms with Gasteiger partial charge in [0.05, 0.1) is 22.4 Å². The maximum absolute atomic E-state index is 9.10. The Balaban J connectivity index is -0.0000000502. The van der Waals surface area contributed by atoms with E-state index >= 15 is 0 Å². The van der Waals surface area contributed by atoms with Gasteiger partial charge in [0.2, 0.25) is 0 Å². The van der Waals surface area contributed by atoms with E-state index in [2.05, 4.69) is 13.1 Å². The number of hydrogen-bond donors (Lipinski definition) is 7. The minimum atomic E-state index is -2.17. The molecule has 150 valence electrons. The second-order valence-corrected chi connectivity index (χ2v) is 8.70. The topological polar surface area (TPSA) is 142 Å². The number of hydrogen-bond acceptors (Lipinski definition) is 7. The summed E-state index contributed by atoms with van der Waals surface area (Å²) in [5, 5.41) is 57.9. The van der Waals surface area contributed by atoms with Gasteiger partial charge in [0, 0.05) is 26.3 Å². The molecule has 0 saturated heterocycles.